The first-order chi connectivity index (χ1) is 5.29. The summed E-state index contributed by atoms with van der Waals surface area (Å²) in [5, 5.41) is 8.59. The summed E-state index contributed by atoms with van der Waals surface area (Å²) >= 11 is 0. The maximum atomic E-state index is 8.59. The van der Waals surface area contributed by atoms with Crippen LogP contribution in [0.3, 0.4) is 0 Å². The van der Waals surface area contributed by atoms with Gasteiger partial charge in [-0.05, 0) is 6.92 Å². The third-order valence-electron chi connectivity index (χ3n) is 1.51. The van der Waals surface area contributed by atoms with Gasteiger partial charge in [0, 0.05) is 11.8 Å². The summed E-state index contributed by atoms with van der Waals surface area (Å²) < 4.78 is 4.97. The number of aromatic nitrogens is 1. The highest BCUT2D eigenvalue weighted by Crippen LogP contribution is 2.17. The van der Waals surface area contributed by atoms with Crippen LogP contribution >= 0.6 is 0 Å². The molecule has 0 bridgehead atoms. The van der Waals surface area contributed by atoms with Crippen molar-refractivity contribution in [3.8, 4) is 11.8 Å². The maximum Gasteiger partial charge on any atom is 0.141 e. The van der Waals surface area contributed by atoms with Crippen molar-refractivity contribution in [2.45, 2.75) is 6.92 Å². The summed E-state index contributed by atoms with van der Waals surface area (Å²) in [5.41, 5.74) is 1.40. The fourth-order valence-electron chi connectivity index (χ4n) is 0.824. The summed E-state index contributed by atoms with van der Waals surface area (Å²) in [5.74, 6) is 0.657. The number of hydrogen-bond donors (Lipinski definition) is 0. The molecule has 0 atom stereocenters. The third kappa shape index (κ3) is 1.30. The Kier molecular flexibility index (Phi) is 2.07. The average molecular weight is 148 g/mol. The van der Waals surface area contributed by atoms with Gasteiger partial charge < -0.3 is 4.74 Å². The Morgan fingerprint density at radius 3 is 2.82 bits per heavy atom. The zero-order valence-electron chi connectivity index (χ0n) is 6.46. The van der Waals surface area contributed by atoms with Crippen molar-refractivity contribution in [1.29, 1.82) is 5.26 Å². The Morgan fingerprint density at radius 2 is 2.27 bits per heavy atom. The van der Waals surface area contributed by atoms with Gasteiger partial charge in [-0.1, -0.05) is 0 Å². The molecule has 0 fully saturated rings. The average Bonchev–Trinajstić information content (AvgIpc) is 2.05. The molecule has 0 aromatic carbocycles. The molecule has 0 radical (unpaired) electrons. The van der Waals surface area contributed by atoms with E-state index in [2.05, 4.69) is 4.98 Å². The van der Waals surface area contributed by atoms with Crippen molar-refractivity contribution in [2.24, 2.45) is 0 Å². The SMILES string of the molecule is COc1cncc(C#N)c1C. The minimum absolute atomic E-state index is 0.560. The first-order valence-electron chi connectivity index (χ1n) is 3.18. The van der Waals surface area contributed by atoms with Gasteiger partial charge in [-0.3, -0.25) is 4.98 Å². The van der Waals surface area contributed by atoms with E-state index < -0.39 is 0 Å². The molecular weight excluding hydrogens is 140 g/mol. The molecule has 56 valence electrons. The summed E-state index contributed by atoms with van der Waals surface area (Å²) in [6, 6.07) is 2.03. The van der Waals surface area contributed by atoms with Crippen LogP contribution in [0.2, 0.25) is 0 Å². The highest BCUT2D eigenvalue weighted by molar-refractivity contribution is 5.42. The normalized spacial score (nSPS) is 8.82. The molecule has 1 aromatic heterocycles. The van der Waals surface area contributed by atoms with Crippen LogP contribution in [0.5, 0.6) is 5.75 Å². The number of pyridine rings is 1. The molecule has 3 heteroatoms. The van der Waals surface area contributed by atoms with Crippen LogP contribution in [0.1, 0.15) is 11.1 Å². The number of ether oxygens (including phenoxy) is 1. The number of methoxy groups -OCH3 is 1. The van der Waals surface area contributed by atoms with E-state index in [-0.39, 0.29) is 0 Å². The van der Waals surface area contributed by atoms with Crippen molar-refractivity contribution >= 4 is 0 Å². The van der Waals surface area contributed by atoms with E-state index in [9.17, 15) is 0 Å². The lowest BCUT2D eigenvalue weighted by molar-refractivity contribution is 0.409. The highest BCUT2D eigenvalue weighted by Gasteiger charge is 2.02. The van der Waals surface area contributed by atoms with Crippen LogP contribution in [-0.2, 0) is 0 Å². The van der Waals surface area contributed by atoms with Gasteiger partial charge in [0.15, 0.2) is 0 Å². The Hall–Kier alpha value is -1.56. The zero-order valence-corrected chi connectivity index (χ0v) is 6.46. The van der Waals surface area contributed by atoms with Crippen molar-refractivity contribution in [1.82, 2.24) is 4.98 Å². The lowest BCUT2D eigenvalue weighted by atomic mass is 10.2. The molecule has 0 saturated carbocycles. The lowest BCUT2D eigenvalue weighted by Crippen LogP contribution is -1.91. The molecule has 0 aliphatic carbocycles. The van der Waals surface area contributed by atoms with E-state index in [4.69, 9.17) is 10.00 Å². The van der Waals surface area contributed by atoms with Crippen molar-refractivity contribution in [3.63, 3.8) is 0 Å². The molecular formula is C8H8N2O. The highest BCUT2D eigenvalue weighted by atomic mass is 16.5. The van der Waals surface area contributed by atoms with Gasteiger partial charge in [-0.15, -0.1) is 0 Å². The van der Waals surface area contributed by atoms with E-state index in [1.54, 1.807) is 13.3 Å². The molecule has 11 heavy (non-hydrogen) atoms. The van der Waals surface area contributed by atoms with Crippen LogP contribution in [0.25, 0.3) is 0 Å². The smallest absolute Gasteiger partial charge is 0.141 e. The van der Waals surface area contributed by atoms with Gasteiger partial charge in [0.1, 0.15) is 11.8 Å². The van der Waals surface area contributed by atoms with Crippen LogP contribution in [0.4, 0.5) is 0 Å². The molecule has 0 aliphatic rings. The first-order valence-corrected chi connectivity index (χ1v) is 3.18. The number of rotatable bonds is 1. The summed E-state index contributed by atoms with van der Waals surface area (Å²) in [4.78, 5) is 3.84. The zero-order chi connectivity index (χ0) is 8.27. The Balaban J connectivity index is 3.23. The Bertz CT molecular complexity index is 301. The van der Waals surface area contributed by atoms with Gasteiger partial charge in [0.2, 0.25) is 0 Å². The fourth-order valence-corrected chi connectivity index (χ4v) is 0.824. The Morgan fingerprint density at radius 1 is 1.55 bits per heavy atom. The second-order valence-electron chi connectivity index (χ2n) is 2.13. The van der Waals surface area contributed by atoms with Crippen LogP contribution in [0.15, 0.2) is 12.4 Å². The Labute approximate surface area is 65.3 Å². The second-order valence-corrected chi connectivity index (χ2v) is 2.13. The van der Waals surface area contributed by atoms with Crippen molar-refractivity contribution in [2.75, 3.05) is 7.11 Å². The minimum Gasteiger partial charge on any atom is -0.495 e. The first kappa shape index (κ1) is 7.55. The molecule has 1 rings (SSSR count). The molecule has 0 unspecified atom stereocenters. The summed E-state index contributed by atoms with van der Waals surface area (Å²) in [7, 11) is 1.56. The quantitative estimate of drug-likeness (QED) is 0.602. The molecule has 0 aliphatic heterocycles. The second kappa shape index (κ2) is 3.02. The monoisotopic (exact) mass is 148 g/mol. The van der Waals surface area contributed by atoms with Gasteiger partial charge in [-0.25, -0.2) is 0 Å². The van der Waals surface area contributed by atoms with E-state index in [0.29, 0.717) is 11.3 Å². The molecule has 3 nitrogen and oxygen atoms in total. The fraction of sp³-hybridized carbons (Fsp3) is 0.250. The minimum atomic E-state index is 0.560. The predicted octanol–water partition coefficient (Wildman–Crippen LogP) is 1.27. The topological polar surface area (TPSA) is 45.9 Å². The molecule has 0 spiro atoms. The van der Waals surface area contributed by atoms with E-state index in [1.807, 2.05) is 13.0 Å². The van der Waals surface area contributed by atoms with Crippen molar-refractivity contribution in [3.05, 3.63) is 23.5 Å². The van der Waals surface area contributed by atoms with Gasteiger partial charge in [0.25, 0.3) is 0 Å². The van der Waals surface area contributed by atoms with Gasteiger partial charge in [0.05, 0.1) is 18.9 Å². The van der Waals surface area contributed by atoms with Crippen LogP contribution < -0.4 is 4.74 Å². The van der Waals surface area contributed by atoms with Crippen LogP contribution in [0, 0.1) is 18.3 Å². The number of nitrogens with zero attached hydrogens (tertiary/aromatic N) is 2. The number of nitriles is 1. The predicted molar refractivity (Wildman–Crippen MR) is 40.2 cm³/mol. The molecule has 0 N–H and O–H groups in total. The summed E-state index contributed by atoms with van der Waals surface area (Å²) in [6.07, 6.45) is 3.12. The van der Waals surface area contributed by atoms with E-state index in [1.165, 1.54) is 6.20 Å². The largest absolute Gasteiger partial charge is 0.495 e. The third-order valence-corrected chi connectivity index (χ3v) is 1.51. The van der Waals surface area contributed by atoms with E-state index >= 15 is 0 Å². The maximum absolute atomic E-state index is 8.59. The summed E-state index contributed by atoms with van der Waals surface area (Å²) in [6.45, 7) is 1.83. The van der Waals surface area contributed by atoms with Gasteiger partial charge in [-0.2, -0.15) is 5.26 Å². The van der Waals surface area contributed by atoms with Crippen LogP contribution in [-0.4, -0.2) is 12.1 Å². The number of hydrogen-bond acceptors (Lipinski definition) is 3. The molecule has 1 heterocycles. The molecule has 0 saturated heterocycles. The van der Waals surface area contributed by atoms with E-state index in [0.717, 1.165) is 5.56 Å². The van der Waals surface area contributed by atoms with Gasteiger partial charge >= 0.3 is 0 Å². The van der Waals surface area contributed by atoms with Crippen molar-refractivity contribution < 1.29 is 4.74 Å². The lowest BCUT2D eigenvalue weighted by Gasteiger charge is -2.02. The molecule has 0 amide bonds. The molecule has 1 aromatic rings. The standard InChI is InChI=1S/C8H8N2O/c1-6-7(3-9)4-10-5-8(6)11-2/h4-5H,1-2H3.